The van der Waals surface area contributed by atoms with E-state index in [1.807, 2.05) is 12.1 Å². The summed E-state index contributed by atoms with van der Waals surface area (Å²) in [7, 11) is 0. The summed E-state index contributed by atoms with van der Waals surface area (Å²) in [5.41, 5.74) is 0.698. The molecule has 1 aromatic carbocycles. The minimum absolute atomic E-state index is 0.0296. The van der Waals surface area contributed by atoms with Crippen molar-refractivity contribution in [3.8, 4) is 0 Å². The van der Waals surface area contributed by atoms with E-state index < -0.39 is 5.82 Å². The number of anilines is 2. The zero-order valence-electron chi connectivity index (χ0n) is 16.7. The smallest absolute Gasteiger partial charge is 0.225 e. The average Bonchev–Trinajstić information content (AvgIpc) is 2.79. The number of rotatable bonds is 5. The van der Waals surface area contributed by atoms with E-state index in [2.05, 4.69) is 25.3 Å². The van der Waals surface area contributed by atoms with Gasteiger partial charge in [0.25, 0.3) is 0 Å². The van der Waals surface area contributed by atoms with Gasteiger partial charge in [-0.15, -0.1) is 10.2 Å². The van der Waals surface area contributed by atoms with Gasteiger partial charge in [0.2, 0.25) is 5.91 Å². The highest BCUT2D eigenvalue weighted by Crippen LogP contribution is 2.23. The Bertz CT molecular complexity index is 876. The van der Waals surface area contributed by atoms with Crippen LogP contribution in [-0.4, -0.2) is 55.5 Å². The lowest BCUT2D eigenvalue weighted by Crippen LogP contribution is -2.43. The van der Waals surface area contributed by atoms with Gasteiger partial charge in [-0.05, 0) is 42.7 Å². The van der Waals surface area contributed by atoms with Crippen LogP contribution in [0.3, 0.4) is 0 Å². The van der Waals surface area contributed by atoms with Gasteiger partial charge in [0, 0.05) is 37.7 Å². The Morgan fingerprint density at radius 1 is 1.13 bits per heavy atom. The number of morpholine rings is 1. The highest BCUT2D eigenvalue weighted by molar-refractivity contribution is 6.31. The van der Waals surface area contributed by atoms with E-state index in [4.69, 9.17) is 16.3 Å². The van der Waals surface area contributed by atoms with E-state index in [1.54, 1.807) is 6.07 Å². The molecule has 7 nitrogen and oxygen atoms in total. The molecule has 1 aromatic heterocycles. The first-order valence-electron chi connectivity index (χ1n) is 10.2. The number of carbonyl (C=O) groups is 1. The second kappa shape index (κ2) is 9.57. The summed E-state index contributed by atoms with van der Waals surface area (Å²) >= 11 is 6.05. The predicted molar refractivity (Wildman–Crippen MR) is 113 cm³/mol. The van der Waals surface area contributed by atoms with Crippen molar-refractivity contribution in [2.45, 2.75) is 19.4 Å². The third-order valence-corrected chi connectivity index (χ3v) is 5.91. The monoisotopic (exact) mass is 433 g/mol. The van der Waals surface area contributed by atoms with Crippen molar-refractivity contribution < 1.29 is 13.9 Å². The lowest BCUT2D eigenvalue weighted by Gasteiger charge is -2.33. The summed E-state index contributed by atoms with van der Waals surface area (Å²) in [6, 6.07) is 8.14. The number of ether oxygens (including phenoxy) is 1. The number of aromatic nitrogens is 2. The number of nitrogens with zero attached hydrogens (tertiary/aromatic N) is 4. The largest absolute Gasteiger partial charge is 0.378 e. The Balaban J connectivity index is 1.33. The number of carbonyl (C=O) groups excluding carboxylic acids is 1. The zero-order valence-corrected chi connectivity index (χ0v) is 17.4. The fourth-order valence-corrected chi connectivity index (χ4v) is 4.07. The standard InChI is InChI=1S/C21H25ClFN5O2/c22-18-12-17(23)4-3-15(18)13-24-21(29)16-2-1-7-28(14-16)20-6-5-19(25-26-20)27-8-10-30-11-9-27/h3-6,12,16H,1-2,7-11,13-14H2,(H,24,29). The number of amides is 1. The normalized spacial score (nSPS) is 19.6. The molecule has 1 amide bonds. The Hall–Kier alpha value is -2.45. The van der Waals surface area contributed by atoms with Crippen molar-refractivity contribution in [3.05, 3.63) is 46.7 Å². The molecule has 2 aliphatic rings. The quantitative estimate of drug-likeness (QED) is 0.781. The molecule has 9 heteroatoms. The molecule has 0 bridgehead atoms. The van der Waals surface area contributed by atoms with Gasteiger partial charge in [-0.3, -0.25) is 4.79 Å². The van der Waals surface area contributed by atoms with E-state index in [-0.39, 0.29) is 18.4 Å². The van der Waals surface area contributed by atoms with Crippen molar-refractivity contribution in [1.29, 1.82) is 0 Å². The summed E-state index contributed by atoms with van der Waals surface area (Å²) in [4.78, 5) is 16.9. The first-order chi connectivity index (χ1) is 14.6. The molecule has 2 aromatic rings. The lowest BCUT2D eigenvalue weighted by molar-refractivity contribution is -0.125. The highest BCUT2D eigenvalue weighted by atomic mass is 35.5. The molecule has 1 unspecified atom stereocenters. The number of nitrogens with one attached hydrogen (secondary N) is 1. The van der Waals surface area contributed by atoms with Crippen LogP contribution in [0.5, 0.6) is 0 Å². The van der Waals surface area contributed by atoms with E-state index >= 15 is 0 Å². The molecule has 0 aliphatic carbocycles. The highest BCUT2D eigenvalue weighted by Gasteiger charge is 2.27. The van der Waals surface area contributed by atoms with Crippen LogP contribution in [0, 0.1) is 11.7 Å². The van der Waals surface area contributed by atoms with Crippen molar-refractivity contribution in [3.63, 3.8) is 0 Å². The van der Waals surface area contributed by atoms with Gasteiger partial charge in [0.05, 0.1) is 19.1 Å². The van der Waals surface area contributed by atoms with Gasteiger partial charge in [0.15, 0.2) is 11.6 Å². The summed E-state index contributed by atoms with van der Waals surface area (Å²) in [5.74, 6) is 1.08. The number of hydrogen-bond acceptors (Lipinski definition) is 6. The van der Waals surface area contributed by atoms with E-state index in [0.29, 0.717) is 30.3 Å². The van der Waals surface area contributed by atoms with Crippen LogP contribution in [0.25, 0.3) is 0 Å². The van der Waals surface area contributed by atoms with Crippen LogP contribution in [0.4, 0.5) is 16.0 Å². The average molecular weight is 434 g/mol. The number of benzene rings is 1. The molecule has 4 rings (SSSR count). The van der Waals surface area contributed by atoms with Gasteiger partial charge in [-0.1, -0.05) is 17.7 Å². The molecule has 160 valence electrons. The topological polar surface area (TPSA) is 70.6 Å². The summed E-state index contributed by atoms with van der Waals surface area (Å²) in [6.07, 6.45) is 1.72. The van der Waals surface area contributed by atoms with Crippen LogP contribution in [-0.2, 0) is 16.1 Å². The van der Waals surface area contributed by atoms with Gasteiger partial charge in [-0.25, -0.2) is 4.39 Å². The molecule has 2 fully saturated rings. The molecule has 3 heterocycles. The third kappa shape index (κ3) is 4.99. The number of piperidine rings is 1. The van der Waals surface area contributed by atoms with Crippen LogP contribution in [0.2, 0.25) is 5.02 Å². The Kier molecular flexibility index (Phi) is 6.64. The van der Waals surface area contributed by atoms with Crippen LogP contribution < -0.4 is 15.1 Å². The van der Waals surface area contributed by atoms with Gasteiger partial charge >= 0.3 is 0 Å². The zero-order chi connectivity index (χ0) is 20.9. The Labute approximate surface area is 180 Å². The maximum atomic E-state index is 13.2. The van der Waals surface area contributed by atoms with Crippen molar-refractivity contribution in [1.82, 2.24) is 15.5 Å². The first kappa shape index (κ1) is 20.8. The Morgan fingerprint density at radius 3 is 2.57 bits per heavy atom. The fraction of sp³-hybridized carbons (Fsp3) is 0.476. The van der Waals surface area contributed by atoms with Crippen LogP contribution in [0.15, 0.2) is 30.3 Å². The summed E-state index contributed by atoms with van der Waals surface area (Å²) in [5, 5.41) is 12.0. The van der Waals surface area contributed by atoms with E-state index in [9.17, 15) is 9.18 Å². The number of hydrogen-bond donors (Lipinski definition) is 1. The molecular weight excluding hydrogens is 409 g/mol. The molecule has 0 spiro atoms. The van der Waals surface area contributed by atoms with Crippen molar-refractivity contribution >= 4 is 29.1 Å². The van der Waals surface area contributed by atoms with Gasteiger partial charge in [-0.2, -0.15) is 0 Å². The molecule has 2 aliphatic heterocycles. The van der Waals surface area contributed by atoms with Crippen LogP contribution >= 0.6 is 11.6 Å². The molecule has 0 radical (unpaired) electrons. The van der Waals surface area contributed by atoms with E-state index in [1.165, 1.54) is 12.1 Å². The fourth-order valence-electron chi connectivity index (χ4n) is 3.84. The minimum Gasteiger partial charge on any atom is -0.378 e. The molecule has 1 atom stereocenters. The Morgan fingerprint density at radius 2 is 1.87 bits per heavy atom. The first-order valence-corrected chi connectivity index (χ1v) is 10.6. The van der Waals surface area contributed by atoms with Crippen molar-refractivity contribution in [2.24, 2.45) is 5.92 Å². The third-order valence-electron chi connectivity index (χ3n) is 5.56. The van der Waals surface area contributed by atoms with Gasteiger partial charge < -0.3 is 19.9 Å². The van der Waals surface area contributed by atoms with Gasteiger partial charge in [0.1, 0.15) is 5.82 Å². The SMILES string of the molecule is O=C(NCc1ccc(F)cc1Cl)C1CCCN(c2ccc(N3CCOCC3)nn2)C1. The predicted octanol–water partition coefficient (Wildman–Crippen LogP) is 2.64. The molecule has 30 heavy (non-hydrogen) atoms. The minimum atomic E-state index is -0.390. The molecular formula is C21H25ClFN5O2. The lowest BCUT2D eigenvalue weighted by atomic mass is 9.97. The maximum Gasteiger partial charge on any atom is 0.225 e. The van der Waals surface area contributed by atoms with E-state index in [0.717, 1.165) is 44.1 Å². The number of halogens is 2. The second-order valence-corrected chi connectivity index (χ2v) is 8.00. The van der Waals surface area contributed by atoms with Crippen molar-refractivity contribution in [2.75, 3.05) is 49.2 Å². The second-order valence-electron chi connectivity index (χ2n) is 7.59. The maximum absolute atomic E-state index is 13.2. The van der Waals surface area contributed by atoms with Crippen LogP contribution in [0.1, 0.15) is 18.4 Å². The molecule has 2 saturated heterocycles. The summed E-state index contributed by atoms with van der Waals surface area (Å²) < 4.78 is 18.5. The molecule has 0 saturated carbocycles. The summed E-state index contributed by atoms with van der Waals surface area (Å²) in [6.45, 7) is 4.76. The molecule has 1 N–H and O–H groups in total.